The lowest BCUT2D eigenvalue weighted by atomic mass is 10.1. The van der Waals surface area contributed by atoms with Crippen LogP contribution in [0.1, 0.15) is 55.9 Å². The predicted octanol–water partition coefficient (Wildman–Crippen LogP) is 4.61. The molecular formula is C17H23NO3. The van der Waals surface area contributed by atoms with E-state index in [-0.39, 0.29) is 5.69 Å². The first kappa shape index (κ1) is 15.4. The maximum atomic E-state index is 10.9. The van der Waals surface area contributed by atoms with Crippen molar-refractivity contribution in [2.45, 2.75) is 45.4 Å². The molecule has 2 rings (SSSR count). The largest absolute Gasteiger partial charge is 0.494 e. The van der Waals surface area contributed by atoms with Gasteiger partial charge in [0.25, 0.3) is 0 Å². The third kappa shape index (κ3) is 4.52. The van der Waals surface area contributed by atoms with E-state index in [1.54, 1.807) is 6.07 Å². The summed E-state index contributed by atoms with van der Waals surface area (Å²) in [4.78, 5) is 13.8. The molecule has 0 aliphatic rings. The minimum absolute atomic E-state index is 0.207. The number of carboxylic acid groups (broad SMARTS) is 1. The molecular weight excluding hydrogens is 266 g/mol. The molecule has 4 nitrogen and oxygen atoms in total. The van der Waals surface area contributed by atoms with Crippen LogP contribution in [0.25, 0.3) is 10.9 Å². The lowest BCUT2D eigenvalue weighted by Gasteiger charge is -2.06. The fraction of sp³-hybridized carbons (Fsp3) is 0.471. The summed E-state index contributed by atoms with van der Waals surface area (Å²) in [5, 5.41) is 9.82. The van der Waals surface area contributed by atoms with E-state index in [4.69, 9.17) is 9.84 Å². The molecule has 0 atom stereocenters. The second-order valence-electron chi connectivity index (χ2n) is 5.35. The maximum absolute atomic E-state index is 10.9. The third-order valence-corrected chi connectivity index (χ3v) is 3.59. The molecule has 1 aromatic heterocycles. The summed E-state index contributed by atoms with van der Waals surface area (Å²) in [7, 11) is 0. The normalized spacial score (nSPS) is 10.9. The third-order valence-electron chi connectivity index (χ3n) is 3.59. The minimum Gasteiger partial charge on any atom is -0.494 e. The molecule has 4 heteroatoms. The zero-order valence-corrected chi connectivity index (χ0v) is 12.5. The van der Waals surface area contributed by atoms with Crippen LogP contribution in [-0.4, -0.2) is 22.7 Å². The maximum Gasteiger partial charge on any atom is 0.352 e. The molecule has 0 bridgehead atoms. The van der Waals surface area contributed by atoms with Crippen molar-refractivity contribution in [1.29, 1.82) is 0 Å². The molecule has 1 heterocycles. The highest BCUT2D eigenvalue weighted by Gasteiger charge is 2.07. The molecule has 21 heavy (non-hydrogen) atoms. The van der Waals surface area contributed by atoms with Gasteiger partial charge in [0, 0.05) is 10.9 Å². The molecule has 0 fully saturated rings. The van der Waals surface area contributed by atoms with Crippen molar-refractivity contribution in [3.8, 4) is 5.75 Å². The Kier molecular flexibility index (Phi) is 5.67. The number of ether oxygens (including phenoxy) is 1. The summed E-state index contributed by atoms with van der Waals surface area (Å²) in [5.41, 5.74) is 1.03. The van der Waals surface area contributed by atoms with Crippen molar-refractivity contribution < 1.29 is 14.6 Å². The van der Waals surface area contributed by atoms with Gasteiger partial charge in [-0.1, -0.05) is 39.0 Å². The number of carbonyl (C=O) groups is 1. The monoisotopic (exact) mass is 289 g/mol. The lowest BCUT2D eigenvalue weighted by molar-refractivity contribution is 0.0691. The van der Waals surface area contributed by atoms with Gasteiger partial charge >= 0.3 is 5.97 Å². The quantitative estimate of drug-likeness (QED) is 0.663. The molecule has 114 valence electrons. The molecule has 0 saturated carbocycles. The Bertz CT molecular complexity index is 589. The summed E-state index contributed by atoms with van der Waals surface area (Å²) in [6.07, 6.45) is 7.44. The van der Waals surface area contributed by atoms with Crippen LogP contribution in [0.5, 0.6) is 5.75 Å². The highest BCUT2D eigenvalue weighted by Crippen LogP contribution is 2.22. The van der Waals surface area contributed by atoms with E-state index in [0.717, 1.165) is 23.1 Å². The summed E-state index contributed by atoms with van der Waals surface area (Å²) in [5.74, 6) is -0.146. The second-order valence-corrected chi connectivity index (χ2v) is 5.35. The van der Waals surface area contributed by atoms with E-state index >= 15 is 0 Å². The topological polar surface area (TPSA) is 62.3 Å². The van der Waals surface area contributed by atoms with Crippen LogP contribution in [0.2, 0.25) is 0 Å². The van der Waals surface area contributed by atoms with E-state index < -0.39 is 5.97 Å². The molecule has 0 saturated heterocycles. The number of nitrogens with one attached hydrogen (secondary N) is 1. The minimum atomic E-state index is -0.944. The standard InChI is InChI=1S/C17H23NO3/c1-2-3-4-5-6-7-10-21-14-8-9-15-13(11-14)12-16(18-15)17(19)20/h8-9,11-12,18H,2-7,10H2,1H3,(H,19,20). The van der Waals surface area contributed by atoms with Crippen LogP contribution in [0.4, 0.5) is 0 Å². The van der Waals surface area contributed by atoms with E-state index in [2.05, 4.69) is 11.9 Å². The zero-order valence-electron chi connectivity index (χ0n) is 12.5. The molecule has 2 N–H and O–H groups in total. The summed E-state index contributed by atoms with van der Waals surface area (Å²) < 4.78 is 5.73. The SMILES string of the molecule is CCCCCCCCOc1ccc2[nH]c(C(=O)O)cc2c1. The van der Waals surface area contributed by atoms with Gasteiger partial charge in [-0.05, 0) is 30.7 Å². The average molecular weight is 289 g/mol. The van der Waals surface area contributed by atoms with Crippen LogP contribution in [0, 0.1) is 0 Å². The van der Waals surface area contributed by atoms with Crippen molar-refractivity contribution in [1.82, 2.24) is 4.98 Å². The van der Waals surface area contributed by atoms with E-state index in [1.807, 2.05) is 18.2 Å². The zero-order chi connectivity index (χ0) is 15.1. The first-order valence-electron chi connectivity index (χ1n) is 7.69. The number of fused-ring (bicyclic) bond motifs is 1. The number of H-pyrrole nitrogens is 1. The van der Waals surface area contributed by atoms with E-state index in [9.17, 15) is 4.79 Å². The van der Waals surface area contributed by atoms with Crippen LogP contribution < -0.4 is 4.74 Å². The van der Waals surface area contributed by atoms with Crippen LogP contribution in [0.3, 0.4) is 0 Å². The predicted molar refractivity (Wildman–Crippen MR) is 84.1 cm³/mol. The number of benzene rings is 1. The Morgan fingerprint density at radius 3 is 2.67 bits per heavy atom. The first-order chi connectivity index (χ1) is 10.2. The molecule has 2 aromatic rings. The van der Waals surface area contributed by atoms with Crippen molar-refractivity contribution in [2.75, 3.05) is 6.61 Å². The smallest absolute Gasteiger partial charge is 0.352 e. The van der Waals surface area contributed by atoms with Gasteiger partial charge in [-0.15, -0.1) is 0 Å². The second kappa shape index (κ2) is 7.72. The fourth-order valence-electron chi connectivity index (χ4n) is 2.39. The average Bonchev–Trinajstić information content (AvgIpc) is 2.90. The summed E-state index contributed by atoms with van der Waals surface area (Å²) >= 11 is 0. The van der Waals surface area contributed by atoms with Gasteiger partial charge in [-0.3, -0.25) is 0 Å². The molecule has 0 amide bonds. The van der Waals surface area contributed by atoms with Crippen molar-refractivity contribution in [2.24, 2.45) is 0 Å². The Hall–Kier alpha value is -1.97. The van der Waals surface area contributed by atoms with Gasteiger partial charge in [0.05, 0.1) is 6.61 Å². The molecule has 0 aliphatic heterocycles. The van der Waals surface area contributed by atoms with Crippen LogP contribution >= 0.6 is 0 Å². The van der Waals surface area contributed by atoms with Crippen LogP contribution in [-0.2, 0) is 0 Å². The van der Waals surface area contributed by atoms with Crippen molar-refractivity contribution in [3.63, 3.8) is 0 Å². The molecule has 1 aromatic carbocycles. The number of aromatic nitrogens is 1. The summed E-state index contributed by atoms with van der Waals surface area (Å²) in [6.45, 7) is 2.93. The van der Waals surface area contributed by atoms with E-state index in [0.29, 0.717) is 6.61 Å². The molecule has 0 aliphatic carbocycles. The highest BCUT2D eigenvalue weighted by atomic mass is 16.5. The Labute approximate surface area is 125 Å². The number of hydrogen-bond acceptors (Lipinski definition) is 2. The number of rotatable bonds is 9. The fourth-order valence-corrected chi connectivity index (χ4v) is 2.39. The Balaban J connectivity index is 1.81. The number of hydrogen-bond donors (Lipinski definition) is 2. The Morgan fingerprint density at radius 1 is 1.14 bits per heavy atom. The van der Waals surface area contributed by atoms with Crippen molar-refractivity contribution >= 4 is 16.9 Å². The first-order valence-corrected chi connectivity index (χ1v) is 7.69. The lowest BCUT2D eigenvalue weighted by Crippen LogP contribution is -1.97. The van der Waals surface area contributed by atoms with Gasteiger partial charge in [0.2, 0.25) is 0 Å². The highest BCUT2D eigenvalue weighted by molar-refractivity contribution is 5.94. The van der Waals surface area contributed by atoms with Gasteiger partial charge < -0.3 is 14.8 Å². The van der Waals surface area contributed by atoms with Gasteiger partial charge in [0.15, 0.2) is 0 Å². The Morgan fingerprint density at radius 2 is 1.90 bits per heavy atom. The van der Waals surface area contributed by atoms with Gasteiger partial charge in [-0.2, -0.15) is 0 Å². The van der Waals surface area contributed by atoms with Crippen molar-refractivity contribution in [3.05, 3.63) is 30.0 Å². The number of aromatic amines is 1. The van der Waals surface area contributed by atoms with Gasteiger partial charge in [-0.25, -0.2) is 4.79 Å². The van der Waals surface area contributed by atoms with Crippen LogP contribution in [0.15, 0.2) is 24.3 Å². The number of unbranched alkanes of at least 4 members (excludes halogenated alkanes) is 5. The number of carboxylic acids is 1. The van der Waals surface area contributed by atoms with E-state index in [1.165, 1.54) is 32.1 Å². The molecule has 0 unspecified atom stereocenters. The molecule has 0 spiro atoms. The molecule has 0 radical (unpaired) electrons. The number of aromatic carboxylic acids is 1. The summed E-state index contributed by atoms with van der Waals surface area (Å²) in [6, 6.07) is 7.25. The van der Waals surface area contributed by atoms with Gasteiger partial charge in [0.1, 0.15) is 11.4 Å².